The van der Waals surface area contributed by atoms with Crippen LogP contribution in [0.4, 0.5) is 5.82 Å². The topological polar surface area (TPSA) is 98.2 Å². The Kier molecular flexibility index (Phi) is 3.89. The van der Waals surface area contributed by atoms with Crippen molar-refractivity contribution in [3.05, 3.63) is 35.5 Å². The Hall–Kier alpha value is -2.48. The minimum Gasteiger partial charge on any atom is -0.389 e. The van der Waals surface area contributed by atoms with Gasteiger partial charge >= 0.3 is 0 Å². The lowest BCUT2D eigenvalue weighted by atomic mass is 10.2. The van der Waals surface area contributed by atoms with Gasteiger partial charge in [0.15, 0.2) is 5.69 Å². The highest BCUT2D eigenvalue weighted by atomic mass is 16.3. The number of hydrogen-bond acceptors (Lipinski definition) is 6. The lowest BCUT2D eigenvalue weighted by Gasteiger charge is -2.22. The molecule has 126 valence electrons. The largest absolute Gasteiger partial charge is 0.389 e. The number of amides is 1. The highest BCUT2D eigenvalue weighted by Gasteiger charge is 2.30. The van der Waals surface area contributed by atoms with Crippen LogP contribution in [0.2, 0.25) is 0 Å². The van der Waals surface area contributed by atoms with Gasteiger partial charge in [0.2, 0.25) is 0 Å². The predicted molar refractivity (Wildman–Crippen MR) is 86.8 cm³/mol. The molecule has 0 bridgehead atoms. The number of aliphatic hydroxyl groups is 1. The van der Waals surface area contributed by atoms with Crippen LogP contribution in [-0.4, -0.2) is 68.4 Å². The lowest BCUT2D eigenvalue weighted by Crippen LogP contribution is -2.38. The highest BCUT2D eigenvalue weighted by Crippen LogP contribution is 2.24. The number of β-amino-alcohol motifs (C(OH)–C–C–N with tert-alkyl or cyclic N) is 1. The second-order valence-electron chi connectivity index (χ2n) is 6.30. The molecule has 1 unspecified atom stereocenters. The maximum absolute atomic E-state index is 12.8. The molecular formula is C16H20N6O2. The minimum atomic E-state index is -0.634. The molecule has 0 aromatic carbocycles. The molecule has 2 N–H and O–H groups in total. The number of hydrogen-bond donors (Lipinski definition) is 2. The number of aryl methyl sites for hydroxylation is 1. The van der Waals surface area contributed by atoms with Crippen molar-refractivity contribution in [3.8, 4) is 0 Å². The van der Waals surface area contributed by atoms with Gasteiger partial charge in [-0.3, -0.25) is 14.9 Å². The Balaban J connectivity index is 1.51. The standard InChI is InChI=1S/C16H20N6O2/c23-11-9-21(14-8-17-4-5-18-14)6-7-22(10-11)16(24)15-12-2-1-3-13(12)19-20-15/h4-5,8,11,23H,1-3,6-7,9-10H2,(H,19,20). The molecule has 1 aliphatic carbocycles. The molecule has 1 aliphatic heterocycles. The van der Waals surface area contributed by atoms with Crippen LogP contribution in [0.15, 0.2) is 18.6 Å². The van der Waals surface area contributed by atoms with Crippen molar-refractivity contribution in [1.82, 2.24) is 25.1 Å². The summed E-state index contributed by atoms with van der Waals surface area (Å²) in [7, 11) is 0. The molecule has 1 amide bonds. The molecule has 2 aromatic rings. The molecule has 1 atom stereocenters. The van der Waals surface area contributed by atoms with E-state index in [0.29, 0.717) is 37.7 Å². The van der Waals surface area contributed by atoms with E-state index in [1.807, 2.05) is 4.90 Å². The summed E-state index contributed by atoms with van der Waals surface area (Å²) >= 11 is 0. The zero-order valence-electron chi connectivity index (χ0n) is 13.4. The molecule has 0 saturated carbocycles. The molecule has 1 saturated heterocycles. The molecule has 1 fully saturated rings. The number of H-pyrrole nitrogens is 1. The van der Waals surface area contributed by atoms with Crippen LogP contribution < -0.4 is 4.90 Å². The van der Waals surface area contributed by atoms with Crippen molar-refractivity contribution in [2.75, 3.05) is 31.1 Å². The van der Waals surface area contributed by atoms with E-state index in [1.54, 1.807) is 23.5 Å². The molecule has 2 aromatic heterocycles. The third kappa shape index (κ3) is 2.73. The summed E-state index contributed by atoms with van der Waals surface area (Å²) in [5.41, 5.74) is 2.64. The molecule has 0 spiro atoms. The number of fused-ring (bicyclic) bond motifs is 1. The molecule has 4 rings (SSSR count). The smallest absolute Gasteiger partial charge is 0.274 e. The van der Waals surface area contributed by atoms with E-state index in [9.17, 15) is 9.90 Å². The van der Waals surface area contributed by atoms with Gasteiger partial charge < -0.3 is 14.9 Å². The van der Waals surface area contributed by atoms with Crippen LogP contribution in [0.25, 0.3) is 0 Å². The molecule has 3 heterocycles. The Morgan fingerprint density at radius 2 is 2.17 bits per heavy atom. The summed E-state index contributed by atoms with van der Waals surface area (Å²) in [5, 5.41) is 17.5. The first-order valence-electron chi connectivity index (χ1n) is 8.27. The summed E-state index contributed by atoms with van der Waals surface area (Å²) in [6.07, 6.45) is 7.20. The van der Waals surface area contributed by atoms with E-state index in [2.05, 4.69) is 20.2 Å². The minimum absolute atomic E-state index is 0.102. The van der Waals surface area contributed by atoms with Crippen molar-refractivity contribution in [2.24, 2.45) is 0 Å². The van der Waals surface area contributed by atoms with Gasteiger partial charge in [-0.05, 0) is 19.3 Å². The summed E-state index contributed by atoms with van der Waals surface area (Å²) < 4.78 is 0. The van der Waals surface area contributed by atoms with Gasteiger partial charge in [-0.2, -0.15) is 5.10 Å². The van der Waals surface area contributed by atoms with Crippen LogP contribution >= 0.6 is 0 Å². The maximum atomic E-state index is 12.8. The fourth-order valence-electron chi connectivity index (χ4n) is 3.48. The van der Waals surface area contributed by atoms with Gasteiger partial charge in [0.1, 0.15) is 5.82 Å². The SMILES string of the molecule is O=C(c1n[nH]c2c1CCC2)N1CCN(c2cnccn2)CC(O)C1. The average molecular weight is 328 g/mol. The number of aromatic amines is 1. The third-order valence-electron chi connectivity index (χ3n) is 4.67. The Morgan fingerprint density at radius 1 is 1.25 bits per heavy atom. The number of nitrogens with zero attached hydrogens (tertiary/aromatic N) is 5. The first-order valence-corrected chi connectivity index (χ1v) is 8.27. The number of rotatable bonds is 2. The summed E-state index contributed by atoms with van der Waals surface area (Å²) in [6, 6.07) is 0. The van der Waals surface area contributed by atoms with Crippen molar-refractivity contribution in [2.45, 2.75) is 25.4 Å². The molecule has 0 radical (unpaired) electrons. The van der Waals surface area contributed by atoms with Gasteiger partial charge in [-0.1, -0.05) is 0 Å². The van der Waals surface area contributed by atoms with Gasteiger partial charge in [-0.25, -0.2) is 4.98 Å². The fourth-order valence-corrected chi connectivity index (χ4v) is 3.48. The first-order chi connectivity index (χ1) is 11.7. The van der Waals surface area contributed by atoms with Crippen LogP contribution in [0.1, 0.15) is 28.2 Å². The zero-order chi connectivity index (χ0) is 16.5. The molecule has 24 heavy (non-hydrogen) atoms. The maximum Gasteiger partial charge on any atom is 0.274 e. The van der Waals surface area contributed by atoms with Gasteiger partial charge in [0.25, 0.3) is 5.91 Å². The van der Waals surface area contributed by atoms with E-state index < -0.39 is 6.10 Å². The summed E-state index contributed by atoms with van der Waals surface area (Å²) in [6.45, 7) is 1.86. The average Bonchev–Trinajstić information content (AvgIpc) is 3.15. The second-order valence-corrected chi connectivity index (χ2v) is 6.30. The number of nitrogens with one attached hydrogen (secondary N) is 1. The molecule has 8 nitrogen and oxygen atoms in total. The number of aromatic nitrogens is 4. The number of carbonyl (C=O) groups excluding carboxylic acids is 1. The van der Waals surface area contributed by atoms with E-state index in [4.69, 9.17) is 0 Å². The second kappa shape index (κ2) is 6.20. The lowest BCUT2D eigenvalue weighted by molar-refractivity contribution is 0.0667. The zero-order valence-corrected chi connectivity index (χ0v) is 13.4. The van der Waals surface area contributed by atoms with Crippen LogP contribution in [-0.2, 0) is 12.8 Å². The van der Waals surface area contributed by atoms with Crippen molar-refractivity contribution >= 4 is 11.7 Å². The Morgan fingerprint density at radius 3 is 3.00 bits per heavy atom. The van der Waals surface area contributed by atoms with Crippen LogP contribution in [0, 0.1) is 0 Å². The third-order valence-corrected chi connectivity index (χ3v) is 4.67. The summed E-state index contributed by atoms with van der Waals surface area (Å²) in [5.74, 6) is 0.612. The summed E-state index contributed by atoms with van der Waals surface area (Å²) in [4.78, 5) is 24.8. The van der Waals surface area contributed by atoms with Crippen molar-refractivity contribution in [1.29, 1.82) is 0 Å². The van der Waals surface area contributed by atoms with E-state index in [0.717, 1.165) is 30.5 Å². The van der Waals surface area contributed by atoms with Crippen molar-refractivity contribution in [3.63, 3.8) is 0 Å². The Labute approximate surface area is 139 Å². The number of carbonyl (C=O) groups is 1. The monoisotopic (exact) mass is 328 g/mol. The van der Waals surface area contributed by atoms with E-state index in [1.165, 1.54) is 0 Å². The Bertz CT molecular complexity index is 731. The number of anilines is 1. The predicted octanol–water partition coefficient (Wildman–Crippen LogP) is 0.0117. The van der Waals surface area contributed by atoms with Gasteiger partial charge in [-0.15, -0.1) is 0 Å². The quantitative estimate of drug-likeness (QED) is 0.806. The van der Waals surface area contributed by atoms with E-state index in [-0.39, 0.29) is 5.91 Å². The molecule has 2 aliphatic rings. The van der Waals surface area contributed by atoms with Crippen molar-refractivity contribution < 1.29 is 9.90 Å². The number of aliphatic hydroxyl groups excluding tert-OH is 1. The van der Waals surface area contributed by atoms with E-state index >= 15 is 0 Å². The fraction of sp³-hybridized carbons (Fsp3) is 0.500. The normalized spacial score (nSPS) is 20.8. The highest BCUT2D eigenvalue weighted by molar-refractivity contribution is 5.94. The van der Waals surface area contributed by atoms with Crippen LogP contribution in [0.5, 0.6) is 0 Å². The van der Waals surface area contributed by atoms with Gasteiger partial charge in [0.05, 0.1) is 12.3 Å². The van der Waals surface area contributed by atoms with Crippen LogP contribution in [0.3, 0.4) is 0 Å². The molecular weight excluding hydrogens is 308 g/mol. The molecule has 8 heteroatoms. The van der Waals surface area contributed by atoms with Gasteiger partial charge in [0, 0.05) is 49.8 Å². The first kappa shape index (κ1) is 15.1.